The van der Waals surface area contributed by atoms with E-state index in [1.54, 1.807) is 31.2 Å². The number of carbonyl (C=O) groups excluding carboxylic acids is 1. The Hall–Kier alpha value is -2.43. The molecule has 2 rings (SSSR count). The van der Waals surface area contributed by atoms with E-state index in [9.17, 15) is 13.6 Å². The average Bonchev–Trinajstić information content (AvgIpc) is 2.43. The van der Waals surface area contributed by atoms with Crippen molar-refractivity contribution in [3.05, 3.63) is 59.2 Å². The van der Waals surface area contributed by atoms with Crippen LogP contribution in [0.4, 0.5) is 20.2 Å². The van der Waals surface area contributed by atoms with E-state index in [0.717, 1.165) is 6.07 Å². The third-order valence-electron chi connectivity index (χ3n) is 3.22. The molecule has 2 aromatic rings. The summed E-state index contributed by atoms with van der Waals surface area (Å²) in [7, 11) is 0. The molecule has 5 heteroatoms. The van der Waals surface area contributed by atoms with E-state index in [4.69, 9.17) is 5.73 Å². The largest absolute Gasteiger partial charge is 0.399 e. The number of nitrogen functional groups attached to an aromatic ring is 1. The first-order valence-corrected chi connectivity index (χ1v) is 6.57. The molecule has 0 aliphatic carbocycles. The van der Waals surface area contributed by atoms with Gasteiger partial charge in [-0.25, -0.2) is 8.78 Å². The van der Waals surface area contributed by atoms with Gasteiger partial charge in [0.1, 0.15) is 11.6 Å². The van der Waals surface area contributed by atoms with Gasteiger partial charge in [-0.2, -0.15) is 0 Å². The number of benzene rings is 2. The molecule has 0 bridgehead atoms. The normalized spacial score (nSPS) is 10.5. The minimum Gasteiger partial charge on any atom is -0.399 e. The van der Waals surface area contributed by atoms with E-state index >= 15 is 0 Å². The summed E-state index contributed by atoms with van der Waals surface area (Å²) in [5.41, 5.74) is 6.85. The first-order chi connectivity index (χ1) is 9.93. The number of hydrogen-bond acceptors (Lipinski definition) is 2. The molecular weight excluding hydrogens is 274 g/mol. The summed E-state index contributed by atoms with van der Waals surface area (Å²) in [6, 6.07) is 8.72. The Bertz CT molecular complexity index is 686. The Labute approximate surface area is 122 Å². The zero-order valence-corrected chi connectivity index (χ0v) is 11.9. The second kappa shape index (κ2) is 5.91. The molecule has 0 aromatic heterocycles. The number of nitrogens with zero attached hydrogens (tertiary/aromatic N) is 1. The zero-order chi connectivity index (χ0) is 15.6. The van der Waals surface area contributed by atoms with Crippen molar-refractivity contribution in [3.8, 4) is 0 Å². The van der Waals surface area contributed by atoms with Gasteiger partial charge < -0.3 is 10.6 Å². The molecule has 21 heavy (non-hydrogen) atoms. The van der Waals surface area contributed by atoms with Gasteiger partial charge in [-0.3, -0.25) is 4.79 Å². The predicted octanol–water partition coefficient (Wildman–Crippen LogP) is 3.52. The molecule has 0 unspecified atom stereocenters. The first kappa shape index (κ1) is 15.0. The maximum atomic E-state index is 13.9. The summed E-state index contributed by atoms with van der Waals surface area (Å²) in [6.45, 7) is 3.61. The maximum Gasteiger partial charge on any atom is 0.261 e. The van der Waals surface area contributed by atoms with Crippen molar-refractivity contribution in [2.24, 2.45) is 0 Å². The molecule has 0 aliphatic rings. The van der Waals surface area contributed by atoms with E-state index in [1.165, 1.54) is 17.9 Å². The van der Waals surface area contributed by atoms with Crippen LogP contribution in [0.1, 0.15) is 22.8 Å². The van der Waals surface area contributed by atoms with Crippen molar-refractivity contribution < 1.29 is 13.6 Å². The third-order valence-corrected chi connectivity index (χ3v) is 3.22. The number of rotatable bonds is 3. The van der Waals surface area contributed by atoms with Gasteiger partial charge in [-0.1, -0.05) is 6.07 Å². The molecule has 0 saturated heterocycles. The fourth-order valence-corrected chi connectivity index (χ4v) is 2.10. The fraction of sp³-hybridized carbons (Fsp3) is 0.188. The zero-order valence-electron chi connectivity index (χ0n) is 11.9. The molecule has 0 saturated carbocycles. The molecule has 0 heterocycles. The molecule has 110 valence electrons. The summed E-state index contributed by atoms with van der Waals surface area (Å²) in [5, 5.41) is 0. The van der Waals surface area contributed by atoms with E-state index < -0.39 is 17.5 Å². The lowest BCUT2D eigenvalue weighted by Crippen LogP contribution is -2.31. The van der Waals surface area contributed by atoms with Gasteiger partial charge in [0.25, 0.3) is 5.91 Å². The highest BCUT2D eigenvalue weighted by Crippen LogP contribution is 2.22. The smallest absolute Gasteiger partial charge is 0.261 e. The van der Waals surface area contributed by atoms with Gasteiger partial charge in [0.15, 0.2) is 0 Å². The minimum atomic E-state index is -0.870. The van der Waals surface area contributed by atoms with Crippen LogP contribution in [0.25, 0.3) is 0 Å². The van der Waals surface area contributed by atoms with E-state index in [2.05, 4.69) is 0 Å². The standard InChI is InChI=1S/C16H16F2N2O/c1-3-20(12-6-4-5-11(19)8-12)16(21)13-7-10(2)14(17)9-15(13)18/h4-9H,3,19H2,1-2H3. The predicted molar refractivity (Wildman–Crippen MR) is 79.3 cm³/mol. The lowest BCUT2D eigenvalue weighted by atomic mass is 10.1. The summed E-state index contributed by atoms with van der Waals surface area (Å²) >= 11 is 0. The Kier molecular flexibility index (Phi) is 4.21. The van der Waals surface area contributed by atoms with Crippen LogP contribution >= 0.6 is 0 Å². The summed E-state index contributed by atoms with van der Waals surface area (Å²) in [5.74, 6) is -2.06. The minimum absolute atomic E-state index is 0.154. The Morgan fingerprint density at radius 1 is 1.19 bits per heavy atom. The van der Waals surface area contributed by atoms with Crippen molar-refractivity contribution in [2.45, 2.75) is 13.8 Å². The van der Waals surface area contributed by atoms with Crippen LogP contribution in [0.2, 0.25) is 0 Å². The molecule has 3 nitrogen and oxygen atoms in total. The summed E-state index contributed by atoms with van der Waals surface area (Å²) in [6.07, 6.45) is 0. The maximum absolute atomic E-state index is 13.9. The molecule has 0 spiro atoms. The van der Waals surface area contributed by atoms with Gasteiger partial charge in [0.2, 0.25) is 0 Å². The number of halogens is 2. The van der Waals surface area contributed by atoms with Gasteiger partial charge in [-0.05, 0) is 43.7 Å². The number of carbonyl (C=O) groups is 1. The molecule has 0 fully saturated rings. The van der Waals surface area contributed by atoms with Gasteiger partial charge in [0.05, 0.1) is 5.56 Å². The second-order valence-electron chi connectivity index (χ2n) is 4.73. The fourth-order valence-electron chi connectivity index (χ4n) is 2.10. The van der Waals surface area contributed by atoms with Crippen molar-refractivity contribution in [1.29, 1.82) is 0 Å². The number of amides is 1. The number of aryl methyl sites for hydroxylation is 1. The lowest BCUT2D eigenvalue weighted by Gasteiger charge is -2.22. The summed E-state index contributed by atoms with van der Waals surface area (Å²) < 4.78 is 27.2. The van der Waals surface area contributed by atoms with Crippen LogP contribution < -0.4 is 10.6 Å². The monoisotopic (exact) mass is 290 g/mol. The molecule has 0 aliphatic heterocycles. The van der Waals surface area contributed by atoms with Crippen molar-refractivity contribution in [3.63, 3.8) is 0 Å². The van der Waals surface area contributed by atoms with Gasteiger partial charge >= 0.3 is 0 Å². The van der Waals surface area contributed by atoms with Crippen LogP contribution in [-0.4, -0.2) is 12.5 Å². The molecule has 2 N–H and O–H groups in total. The molecule has 1 amide bonds. The quantitative estimate of drug-likeness (QED) is 0.879. The first-order valence-electron chi connectivity index (χ1n) is 6.57. The Morgan fingerprint density at radius 3 is 2.52 bits per heavy atom. The molecular formula is C16H16F2N2O. The Balaban J connectivity index is 2.44. The van der Waals surface area contributed by atoms with Crippen LogP contribution in [0.5, 0.6) is 0 Å². The number of hydrogen-bond donors (Lipinski definition) is 1. The topological polar surface area (TPSA) is 46.3 Å². The van der Waals surface area contributed by atoms with Crippen LogP contribution in [0.3, 0.4) is 0 Å². The SMILES string of the molecule is CCN(C(=O)c1cc(C)c(F)cc1F)c1cccc(N)c1. The summed E-state index contributed by atoms with van der Waals surface area (Å²) in [4.78, 5) is 13.9. The van der Waals surface area contributed by atoms with E-state index in [-0.39, 0.29) is 11.1 Å². The van der Waals surface area contributed by atoms with Crippen molar-refractivity contribution >= 4 is 17.3 Å². The highest BCUT2D eigenvalue weighted by molar-refractivity contribution is 6.06. The number of nitrogens with two attached hydrogens (primary N) is 1. The van der Waals surface area contributed by atoms with Crippen LogP contribution in [0.15, 0.2) is 36.4 Å². The second-order valence-corrected chi connectivity index (χ2v) is 4.73. The molecule has 0 atom stereocenters. The van der Waals surface area contributed by atoms with E-state index in [0.29, 0.717) is 17.9 Å². The van der Waals surface area contributed by atoms with Crippen molar-refractivity contribution in [1.82, 2.24) is 0 Å². The van der Waals surface area contributed by atoms with Crippen molar-refractivity contribution in [2.75, 3.05) is 17.2 Å². The van der Waals surface area contributed by atoms with Gasteiger partial charge in [0, 0.05) is 24.0 Å². The number of anilines is 2. The average molecular weight is 290 g/mol. The van der Waals surface area contributed by atoms with Gasteiger partial charge in [-0.15, -0.1) is 0 Å². The highest BCUT2D eigenvalue weighted by Gasteiger charge is 2.21. The highest BCUT2D eigenvalue weighted by atomic mass is 19.1. The van der Waals surface area contributed by atoms with Crippen LogP contribution in [-0.2, 0) is 0 Å². The molecule has 2 aromatic carbocycles. The van der Waals surface area contributed by atoms with E-state index in [1.807, 2.05) is 0 Å². The lowest BCUT2D eigenvalue weighted by molar-refractivity contribution is 0.0984. The van der Waals surface area contributed by atoms with Crippen LogP contribution in [0, 0.1) is 18.6 Å². The Morgan fingerprint density at radius 2 is 1.90 bits per heavy atom. The molecule has 0 radical (unpaired) electrons. The third kappa shape index (κ3) is 3.02.